The van der Waals surface area contributed by atoms with Crippen LogP contribution in [-0.2, 0) is 6.42 Å². The molecular weight excluding hydrogens is 404 g/mol. The number of anilines is 2. The van der Waals surface area contributed by atoms with E-state index in [4.69, 9.17) is 9.72 Å². The number of rotatable bonds is 5. The molecule has 5 rings (SSSR count). The first-order valence-corrected chi connectivity index (χ1v) is 11.7. The molecule has 0 aromatic heterocycles. The van der Waals surface area contributed by atoms with Crippen LogP contribution >= 0.6 is 11.9 Å². The molecule has 0 amide bonds. The van der Waals surface area contributed by atoms with Crippen molar-refractivity contribution < 1.29 is 4.74 Å². The van der Waals surface area contributed by atoms with Gasteiger partial charge in [-0.1, -0.05) is 24.3 Å². The zero-order chi connectivity index (χ0) is 21.2. The van der Waals surface area contributed by atoms with Gasteiger partial charge in [-0.2, -0.15) is 0 Å². The summed E-state index contributed by atoms with van der Waals surface area (Å²) < 4.78 is 8.83. The third kappa shape index (κ3) is 4.10. The SMILES string of the molecule is COc1ccc(CC[C@H]2CN(c3c4nccccc-4c4c3C=C(C)SN4)CCN2)cc1. The highest BCUT2D eigenvalue weighted by Crippen LogP contribution is 2.50. The molecular formula is C25H28N4OS. The van der Waals surface area contributed by atoms with Crippen molar-refractivity contribution in [2.24, 2.45) is 0 Å². The number of aryl methyl sites for hydroxylation is 1. The van der Waals surface area contributed by atoms with Crippen molar-refractivity contribution in [1.29, 1.82) is 0 Å². The molecule has 0 saturated carbocycles. The first-order valence-electron chi connectivity index (χ1n) is 10.9. The van der Waals surface area contributed by atoms with Gasteiger partial charge in [0.25, 0.3) is 0 Å². The number of nitrogens with one attached hydrogen (secondary N) is 2. The van der Waals surface area contributed by atoms with E-state index in [0.29, 0.717) is 6.04 Å². The van der Waals surface area contributed by atoms with Crippen molar-refractivity contribution in [3.8, 4) is 17.0 Å². The Labute approximate surface area is 188 Å². The highest BCUT2D eigenvalue weighted by molar-refractivity contribution is 8.04. The van der Waals surface area contributed by atoms with Crippen molar-refractivity contribution in [3.63, 3.8) is 0 Å². The van der Waals surface area contributed by atoms with Gasteiger partial charge in [0.1, 0.15) is 5.75 Å². The van der Waals surface area contributed by atoms with Gasteiger partial charge in [-0.3, -0.25) is 4.98 Å². The third-order valence-corrected chi connectivity index (χ3v) is 6.86. The van der Waals surface area contributed by atoms with E-state index in [1.165, 1.54) is 33.0 Å². The molecule has 1 atom stereocenters. The lowest BCUT2D eigenvalue weighted by molar-refractivity contribution is 0.414. The Morgan fingerprint density at radius 3 is 2.90 bits per heavy atom. The Morgan fingerprint density at radius 1 is 1.19 bits per heavy atom. The van der Waals surface area contributed by atoms with E-state index >= 15 is 0 Å². The lowest BCUT2D eigenvalue weighted by atomic mass is 10.0. The van der Waals surface area contributed by atoms with Crippen molar-refractivity contribution in [2.45, 2.75) is 25.8 Å². The van der Waals surface area contributed by atoms with Crippen molar-refractivity contribution in [3.05, 3.63) is 64.7 Å². The minimum absolute atomic E-state index is 0.449. The molecule has 3 aliphatic heterocycles. The van der Waals surface area contributed by atoms with Gasteiger partial charge in [0, 0.05) is 47.9 Å². The Balaban J connectivity index is 1.39. The maximum Gasteiger partial charge on any atom is 0.118 e. The smallest absolute Gasteiger partial charge is 0.118 e. The van der Waals surface area contributed by atoms with Crippen molar-refractivity contribution >= 4 is 29.4 Å². The molecule has 6 heteroatoms. The largest absolute Gasteiger partial charge is 0.497 e. The average Bonchev–Trinajstić information content (AvgIpc) is 2.93. The first kappa shape index (κ1) is 20.2. The lowest BCUT2D eigenvalue weighted by Crippen LogP contribution is -2.51. The van der Waals surface area contributed by atoms with Crippen LogP contribution in [0.5, 0.6) is 5.75 Å². The summed E-state index contributed by atoms with van der Waals surface area (Å²) in [4.78, 5) is 8.64. The second-order valence-corrected chi connectivity index (χ2v) is 9.22. The Bertz CT molecular complexity index is 1070. The highest BCUT2D eigenvalue weighted by atomic mass is 32.2. The number of methoxy groups -OCH3 is 1. The number of hydrogen-bond donors (Lipinski definition) is 2. The number of aromatic nitrogens is 1. The maximum atomic E-state index is 5.28. The van der Waals surface area contributed by atoms with Crippen molar-refractivity contribution in [2.75, 3.05) is 36.4 Å². The molecule has 5 nitrogen and oxygen atoms in total. The molecule has 1 fully saturated rings. The Kier molecular flexibility index (Phi) is 5.74. The fraction of sp³-hybridized carbons (Fsp3) is 0.320. The number of hydrogen-bond acceptors (Lipinski definition) is 6. The van der Waals surface area contributed by atoms with Crippen LogP contribution in [-0.4, -0.2) is 37.8 Å². The lowest BCUT2D eigenvalue weighted by Gasteiger charge is -2.36. The van der Waals surface area contributed by atoms with E-state index in [0.717, 1.165) is 43.9 Å². The minimum Gasteiger partial charge on any atom is -0.497 e. The molecule has 2 N–H and O–H groups in total. The number of allylic oxidation sites excluding steroid dienone is 1. The number of nitrogens with zero attached hydrogens (tertiary/aromatic N) is 2. The van der Waals surface area contributed by atoms with Crippen LogP contribution in [0.2, 0.25) is 0 Å². The number of benzene rings is 1. The van der Waals surface area contributed by atoms with Gasteiger partial charge in [0.15, 0.2) is 0 Å². The molecule has 1 aromatic rings. The molecule has 31 heavy (non-hydrogen) atoms. The molecule has 0 bridgehead atoms. The van der Waals surface area contributed by atoms with Crippen LogP contribution in [0, 0.1) is 0 Å². The molecule has 1 saturated heterocycles. The van der Waals surface area contributed by atoms with Gasteiger partial charge in [-0.05, 0) is 61.6 Å². The molecule has 3 heterocycles. The zero-order valence-corrected chi connectivity index (χ0v) is 18.8. The predicted molar refractivity (Wildman–Crippen MR) is 131 cm³/mol. The van der Waals surface area contributed by atoms with Crippen LogP contribution in [0.25, 0.3) is 17.3 Å². The van der Waals surface area contributed by atoms with E-state index in [-0.39, 0.29) is 0 Å². The second kappa shape index (κ2) is 8.81. The maximum absolute atomic E-state index is 5.28. The van der Waals surface area contributed by atoms with Crippen LogP contribution in [0.1, 0.15) is 24.5 Å². The molecule has 0 radical (unpaired) electrons. The normalized spacial score (nSPS) is 18.3. The van der Waals surface area contributed by atoms with E-state index < -0.39 is 0 Å². The summed E-state index contributed by atoms with van der Waals surface area (Å²) in [6, 6.07) is 15.1. The van der Waals surface area contributed by atoms with Crippen LogP contribution in [0.15, 0.2) is 53.6 Å². The molecule has 1 aromatic carbocycles. The number of piperazine rings is 1. The molecule has 0 unspecified atom stereocenters. The molecule has 160 valence electrons. The summed E-state index contributed by atoms with van der Waals surface area (Å²) in [6.07, 6.45) is 6.37. The van der Waals surface area contributed by atoms with Gasteiger partial charge in [-0.25, -0.2) is 0 Å². The van der Waals surface area contributed by atoms with Gasteiger partial charge in [0.05, 0.1) is 24.2 Å². The van der Waals surface area contributed by atoms with Gasteiger partial charge < -0.3 is 19.7 Å². The van der Waals surface area contributed by atoms with Crippen LogP contribution in [0.4, 0.5) is 11.4 Å². The highest BCUT2D eigenvalue weighted by Gasteiger charge is 2.31. The topological polar surface area (TPSA) is 49.4 Å². The summed E-state index contributed by atoms with van der Waals surface area (Å²) in [5.41, 5.74) is 7.37. The first-order chi connectivity index (χ1) is 15.2. The standard InChI is InChI=1S/C25H28N4OS/c1-17-15-22-23(28-31-17)21-5-3-4-12-27-24(21)25(22)29-14-13-26-19(16-29)9-6-18-7-10-20(30-2)11-8-18/h3-5,7-8,10-12,15,19,26,28H,6,9,13-14,16H2,1-2H3/t19-/m0/s1. The molecule has 0 spiro atoms. The average molecular weight is 433 g/mol. The zero-order valence-electron chi connectivity index (χ0n) is 18.0. The third-order valence-electron chi connectivity index (χ3n) is 6.11. The van der Waals surface area contributed by atoms with Gasteiger partial charge in [-0.15, -0.1) is 0 Å². The monoisotopic (exact) mass is 432 g/mol. The van der Waals surface area contributed by atoms with Crippen LogP contribution < -0.4 is 19.7 Å². The summed E-state index contributed by atoms with van der Waals surface area (Å²) in [5.74, 6) is 0.911. The number of fused-ring (bicyclic) bond motifs is 3. The molecule has 4 aliphatic rings. The number of ether oxygens (including phenoxy) is 1. The van der Waals surface area contributed by atoms with E-state index in [2.05, 4.69) is 52.2 Å². The second-order valence-electron chi connectivity index (χ2n) is 8.17. The van der Waals surface area contributed by atoms with E-state index in [1.807, 2.05) is 24.4 Å². The van der Waals surface area contributed by atoms with Crippen LogP contribution in [0.3, 0.4) is 0 Å². The van der Waals surface area contributed by atoms with Gasteiger partial charge >= 0.3 is 0 Å². The fourth-order valence-electron chi connectivity index (χ4n) is 4.54. The van der Waals surface area contributed by atoms with E-state index in [1.54, 1.807) is 19.1 Å². The fourth-order valence-corrected chi connectivity index (χ4v) is 5.20. The summed E-state index contributed by atoms with van der Waals surface area (Å²) in [7, 11) is 1.71. The van der Waals surface area contributed by atoms with E-state index in [9.17, 15) is 0 Å². The predicted octanol–water partition coefficient (Wildman–Crippen LogP) is 5.04. The quantitative estimate of drug-likeness (QED) is 0.551. The Morgan fingerprint density at radius 2 is 2.06 bits per heavy atom. The Hall–Kier alpha value is -2.70. The summed E-state index contributed by atoms with van der Waals surface area (Å²) in [6.45, 7) is 5.12. The summed E-state index contributed by atoms with van der Waals surface area (Å²) >= 11 is 1.68. The van der Waals surface area contributed by atoms with Crippen molar-refractivity contribution in [1.82, 2.24) is 10.3 Å². The summed E-state index contributed by atoms with van der Waals surface area (Å²) in [5, 5.41) is 3.72. The minimum atomic E-state index is 0.449. The molecule has 1 aliphatic carbocycles. The van der Waals surface area contributed by atoms with Gasteiger partial charge in [0.2, 0.25) is 0 Å².